The molecule has 0 unspecified atom stereocenters. The van der Waals surface area contributed by atoms with Gasteiger partial charge in [-0.3, -0.25) is 9.59 Å². The van der Waals surface area contributed by atoms with Gasteiger partial charge in [-0.05, 0) is 12.1 Å². The topological polar surface area (TPSA) is 97.5 Å². The minimum absolute atomic E-state index is 0.0884. The Bertz CT molecular complexity index is 1190. The molecular weight excluding hydrogens is 332 g/mol. The fourth-order valence-corrected chi connectivity index (χ4v) is 2.85. The van der Waals surface area contributed by atoms with Crippen LogP contribution in [0.5, 0.6) is 0 Å². The van der Waals surface area contributed by atoms with E-state index in [0.29, 0.717) is 27.9 Å². The van der Waals surface area contributed by atoms with Gasteiger partial charge in [0.25, 0.3) is 5.56 Å². The maximum Gasteiger partial charge on any atom is 0.303 e. The lowest BCUT2D eigenvalue weighted by Crippen LogP contribution is -2.19. The Balaban J connectivity index is 2.03. The molecule has 0 spiro atoms. The summed E-state index contributed by atoms with van der Waals surface area (Å²) < 4.78 is 1.48. The average molecular weight is 346 g/mol. The molecule has 2 aromatic carbocycles. The first-order valence-corrected chi connectivity index (χ1v) is 8.09. The van der Waals surface area contributed by atoms with E-state index in [1.165, 1.54) is 4.52 Å². The van der Waals surface area contributed by atoms with E-state index in [-0.39, 0.29) is 18.5 Å². The Morgan fingerprint density at radius 1 is 1.00 bits per heavy atom. The molecular formula is C19H14N4O3. The zero-order chi connectivity index (χ0) is 18.1. The highest BCUT2D eigenvalue weighted by atomic mass is 16.4. The summed E-state index contributed by atoms with van der Waals surface area (Å²) in [6, 6.07) is 16.3. The van der Waals surface area contributed by atoms with Crippen molar-refractivity contribution in [3.63, 3.8) is 0 Å². The summed E-state index contributed by atoms with van der Waals surface area (Å²) in [5.41, 5.74) is 1.44. The summed E-state index contributed by atoms with van der Waals surface area (Å²) in [6.07, 6.45) is 0.0946. The van der Waals surface area contributed by atoms with Gasteiger partial charge < -0.3 is 5.11 Å². The summed E-state index contributed by atoms with van der Waals surface area (Å²) in [7, 11) is 0. The highest BCUT2D eigenvalue weighted by molar-refractivity contribution is 5.91. The molecule has 128 valence electrons. The maximum atomic E-state index is 12.6. The number of para-hydroxylation sites is 1. The number of rotatable bonds is 4. The lowest BCUT2D eigenvalue weighted by atomic mass is 10.1. The highest BCUT2D eigenvalue weighted by Gasteiger charge is 2.15. The van der Waals surface area contributed by atoms with Gasteiger partial charge in [-0.2, -0.15) is 14.6 Å². The Kier molecular flexibility index (Phi) is 3.89. The third-order valence-electron chi connectivity index (χ3n) is 4.06. The van der Waals surface area contributed by atoms with Crippen LogP contribution in [0.4, 0.5) is 0 Å². The van der Waals surface area contributed by atoms with Crippen molar-refractivity contribution in [1.29, 1.82) is 0 Å². The number of hydrogen-bond donors (Lipinski definition) is 1. The quantitative estimate of drug-likeness (QED) is 0.570. The van der Waals surface area contributed by atoms with Crippen molar-refractivity contribution in [3.05, 3.63) is 70.8 Å². The van der Waals surface area contributed by atoms with Crippen LogP contribution in [-0.2, 0) is 11.2 Å². The van der Waals surface area contributed by atoms with E-state index >= 15 is 0 Å². The van der Waals surface area contributed by atoms with Gasteiger partial charge >= 0.3 is 5.97 Å². The number of carboxylic acid groups (broad SMARTS) is 1. The molecule has 2 aromatic heterocycles. The van der Waals surface area contributed by atoms with Crippen molar-refractivity contribution in [1.82, 2.24) is 19.6 Å². The Labute approximate surface area is 147 Å². The maximum absolute atomic E-state index is 12.6. The number of aryl methyl sites for hydroxylation is 1. The smallest absolute Gasteiger partial charge is 0.303 e. The van der Waals surface area contributed by atoms with Crippen molar-refractivity contribution < 1.29 is 9.90 Å². The number of aliphatic carboxylic acids is 1. The number of nitrogens with zero attached hydrogens (tertiary/aromatic N) is 4. The van der Waals surface area contributed by atoms with Crippen LogP contribution in [0.3, 0.4) is 0 Å². The van der Waals surface area contributed by atoms with Crippen LogP contribution >= 0.6 is 0 Å². The van der Waals surface area contributed by atoms with Crippen LogP contribution < -0.4 is 5.56 Å². The van der Waals surface area contributed by atoms with Gasteiger partial charge in [-0.15, -0.1) is 0 Å². The molecule has 4 rings (SSSR count). The minimum Gasteiger partial charge on any atom is -0.481 e. The van der Waals surface area contributed by atoms with E-state index in [9.17, 15) is 9.59 Å². The number of benzene rings is 2. The minimum atomic E-state index is -0.926. The molecule has 4 aromatic rings. The summed E-state index contributed by atoms with van der Waals surface area (Å²) in [6.45, 7) is 0. The van der Waals surface area contributed by atoms with Crippen molar-refractivity contribution in [2.75, 3.05) is 0 Å². The number of fused-ring (bicyclic) bond motifs is 3. The summed E-state index contributed by atoms with van der Waals surface area (Å²) >= 11 is 0. The Hall–Kier alpha value is -3.61. The molecule has 0 saturated heterocycles. The Morgan fingerprint density at radius 2 is 1.73 bits per heavy atom. The zero-order valence-corrected chi connectivity index (χ0v) is 13.7. The number of hydrogen-bond acceptors (Lipinski definition) is 5. The van der Waals surface area contributed by atoms with Gasteiger partial charge in [-0.25, -0.2) is 4.98 Å². The van der Waals surface area contributed by atoms with Crippen molar-refractivity contribution >= 4 is 22.5 Å². The average Bonchev–Trinajstić information content (AvgIpc) is 2.66. The summed E-state index contributed by atoms with van der Waals surface area (Å²) in [4.78, 5) is 32.3. The van der Waals surface area contributed by atoms with E-state index in [0.717, 1.165) is 0 Å². The molecule has 7 heteroatoms. The molecule has 0 amide bonds. The van der Waals surface area contributed by atoms with Gasteiger partial charge in [0.2, 0.25) is 0 Å². The van der Waals surface area contributed by atoms with Crippen molar-refractivity contribution in [2.45, 2.75) is 12.8 Å². The lowest BCUT2D eigenvalue weighted by Gasteiger charge is -2.10. The van der Waals surface area contributed by atoms with Crippen LogP contribution in [0, 0.1) is 0 Å². The number of carbonyl (C=O) groups is 1. The molecule has 2 heterocycles. The third kappa shape index (κ3) is 2.79. The molecule has 26 heavy (non-hydrogen) atoms. The zero-order valence-electron chi connectivity index (χ0n) is 13.7. The third-order valence-corrected chi connectivity index (χ3v) is 4.06. The van der Waals surface area contributed by atoms with Gasteiger partial charge in [0.15, 0.2) is 11.3 Å². The van der Waals surface area contributed by atoms with Gasteiger partial charge in [0.1, 0.15) is 5.82 Å². The van der Waals surface area contributed by atoms with E-state index in [4.69, 9.17) is 5.11 Å². The molecule has 0 aliphatic rings. The molecule has 0 saturated carbocycles. The first-order chi connectivity index (χ1) is 12.6. The van der Waals surface area contributed by atoms with E-state index in [2.05, 4.69) is 15.1 Å². The van der Waals surface area contributed by atoms with E-state index in [1.807, 2.05) is 36.4 Å². The lowest BCUT2D eigenvalue weighted by molar-refractivity contribution is -0.137. The van der Waals surface area contributed by atoms with Crippen molar-refractivity contribution in [2.24, 2.45) is 0 Å². The summed E-state index contributed by atoms with van der Waals surface area (Å²) in [5.74, 6) is -0.476. The SMILES string of the molecule is O=C(O)CCc1nc2ccccc2c2nc(=O)c(-c3ccccc3)nn12. The Morgan fingerprint density at radius 3 is 2.50 bits per heavy atom. The van der Waals surface area contributed by atoms with Crippen LogP contribution in [0.25, 0.3) is 27.8 Å². The van der Waals surface area contributed by atoms with Crippen LogP contribution in [0.15, 0.2) is 59.4 Å². The molecule has 0 aliphatic heterocycles. The number of aromatic nitrogens is 4. The molecule has 0 radical (unpaired) electrons. The monoisotopic (exact) mass is 346 g/mol. The van der Waals surface area contributed by atoms with E-state index < -0.39 is 11.5 Å². The predicted octanol–water partition coefficient (Wildman–Crippen LogP) is 2.32. The van der Waals surface area contributed by atoms with Gasteiger partial charge in [0, 0.05) is 17.4 Å². The molecule has 7 nitrogen and oxygen atoms in total. The van der Waals surface area contributed by atoms with Crippen LogP contribution in [0.1, 0.15) is 12.2 Å². The molecule has 0 aliphatic carbocycles. The molecule has 0 fully saturated rings. The van der Waals surface area contributed by atoms with Crippen molar-refractivity contribution in [3.8, 4) is 11.3 Å². The second-order valence-electron chi connectivity index (χ2n) is 5.81. The standard InChI is InChI=1S/C19H14N4O3/c24-16(25)11-10-15-20-14-9-5-4-8-13(14)18-21-19(26)17(22-23(15)18)12-6-2-1-3-7-12/h1-9H,10-11H2,(H,24,25). The fraction of sp³-hybridized carbons (Fsp3) is 0.105. The fourth-order valence-electron chi connectivity index (χ4n) is 2.85. The van der Waals surface area contributed by atoms with Gasteiger partial charge in [-0.1, -0.05) is 42.5 Å². The molecule has 1 N–H and O–H groups in total. The van der Waals surface area contributed by atoms with Crippen LogP contribution in [-0.4, -0.2) is 30.7 Å². The second kappa shape index (κ2) is 6.36. The summed E-state index contributed by atoms with van der Waals surface area (Å²) in [5, 5.41) is 14.2. The largest absolute Gasteiger partial charge is 0.481 e. The van der Waals surface area contributed by atoms with Gasteiger partial charge in [0.05, 0.1) is 11.9 Å². The highest BCUT2D eigenvalue weighted by Crippen LogP contribution is 2.19. The second-order valence-corrected chi connectivity index (χ2v) is 5.81. The number of carboxylic acids is 1. The predicted molar refractivity (Wildman–Crippen MR) is 96.0 cm³/mol. The molecule has 0 atom stereocenters. The van der Waals surface area contributed by atoms with E-state index in [1.54, 1.807) is 18.2 Å². The first kappa shape index (κ1) is 15.9. The van der Waals surface area contributed by atoms with Crippen LogP contribution in [0.2, 0.25) is 0 Å². The first-order valence-electron chi connectivity index (χ1n) is 8.09. The normalized spacial score (nSPS) is 11.1. The molecule has 0 bridgehead atoms.